The van der Waals surface area contributed by atoms with Crippen LogP contribution in [0, 0.1) is 12.3 Å². The molecule has 2 aromatic rings. The van der Waals surface area contributed by atoms with Crippen molar-refractivity contribution >= 4 is 11.6 Å². The van der Waals surface area contributed by atoms with Crippen LogP contribution in [0.5, 0.6) is 0 Å². The van der Waals surface area contributed by atoms with E-state index >= 15 is 0 Å². The van der Waals surface area contributed by atoms with Crippen LogP contribution in [-0.2, 0) is 11.3 Å². The van der Waals surface area contributed by atoms with Crippen LogP contribution in [0.3, 0.4) is 0 Å². The standard InChI is InChI=1S/C16H23N3O2/c1-11-6-7-13-18-12(10-19(13)9-11)8-17-16(4,5)15(2,3)14(20)21/h6-7,9-10,17H,8H2,1-5H3,(H,20,21). The maximum absolute atomic E-state index is 11.4. The number of rotatable bonds is 5. The number of nitrogens with zero attached hydrogens (tertiary/aromatic N) is 2. The largest absolute Gasteiger partial charge is 0.481 e. The number of hydrogen-bond acceptors (Lipinski definition) is 3. The normalized spacial score (nSPS) is 12.8. The Morgan fingerprint density at radius 2 is 1.95 bits per heavy atom. The molecule has 5 heteroatoms. The average Bonchev–Trinajstić information content (AvgIpc) is 2.78. The molecule has 0 radical (unpaired) electrons. The van der Waals surface area contributed by atoms with Gasteiger partial charge < -0.3 is 14.8 Å². The molecule has 0 amide bonds. The summed E-state index contributed by atoms with van der Waals surface area (Å²) in [7, 11) is 0. The van der Waals surface area contributed by atoms with E-state index in [4.69, 9.17) is 0 Å². The Balaban J connectivity index is 2.16. The number of pyridine rings is 1. The Morgan fingerprint density at radius 1 is 1.29 bits per heavy atom. The van der Waals surface area contributed by atoms with E-state index in [2.05, 4.69) is 10.3 Å². The van der Waals surface area contributed by atoms with Gasteiger partial charge in [0.1, 0.15) is 5.65 Å². The highest BCUT2D eigenvalue weighted by Crippen LogP contribution is 2.30. The summed E-state index contributed by atoms with van der Waals surface area (Å²) in [5.74, 6) is -0.814. The Kier molecular flexibility index (Phi) is 3.80. The third-order valence-corrected chi connectivity index (χ3v) is 4.46. The second-order valence-corrected chi connectivity index (χ2v) is 6.61. The average molecular weight is 289 g/mol. The number of aliphatic carboxylic acids is 1. The summed E-state index contributed by atoms with van der Waals surface area (Å²) in [6, 6.07) is 4.00. The quantitative estimate of drug-likeness (QED) is 0.888. The lowest BCUT2D eigenvalue weighted by Crippen LogP contribution is -2.54. The van der Waals surface area contributed by atoms with Crippen LogP contribution in [0.15, 0.2) is 24.5 Å². The minimum Gasteiger partial charge on any atom is -0.481 e. The SMILES string of the molecule is Cc1ccc2nc(CNC(C)(C)C(C)(C)C(=O)O)cn2c1. The van der Waals surface area contributed by atoms with Crippen molar-refractivity contribution in [2.24, 2.45) is 5.41 Å². The zero-order chi connectivity index (χ0) is 15.8. The van der Waals surface area contributed by atoms with E-state index in [0.29, 0.717) is 6.54 Å². The summed E-state index contributed by atoms with van der Waals surface area (Å²) in [5.41, 5.74) is 1.54. The van der Waals surface area contributed by atoms with Gasteiger partial charge in [0.2, 0.25) is 0 Å². The molecule has 2 aromatic heterocycles. The molecule has 5 nitrogen and oxygen atoms in total. The van der Waals surface area contributed by atoms with Gasteiger partial charge in [-0.05, 0) is 46.2 Å². The number of aryl methyl sites for hydroxylation is 1. The molecule has 21 heavy (non-hydrogen) atoms. The number of imidazole rings is 1. The molecule has 0 aliphatic carbocycles. The summed E-state index contributed by atoms with van der Waals surface area (Å²) in [5, 5.41) is 12.7. The zero-order valence-electron chi connectivity index (χ0n) is 13.3. The summed E-state index contributed by atoms with van der Waals surface area (Å²) in [6.45, 7) is 9.84. The minimum atomic E-state index is -0.872. The van der Waals surface area contributed by atoms with E-state index in [1.54, 1.807) is 13.8 Å². The summed E-state index contributed by atoms with van der Waals surface area (Å²) < 4.78 is 1.99. The van der Waals surface area contributed by atoms with Crippen LogP contribution in [0.25, 0.3) is 5.65 Å². The first-order valence-electron chi connectivity index (χ1n) is 7.06. The van der Waals surface area contributed by atoms with Gasteiger partial charge in [0.25, 0.3) is 0 Å². The fourth-order valence-corrected chi connectivity index (χ4v) is 2.04. The second-order valence-electron chi connectivity index (χ2n) is 6.61. The zero-order valence-corrected chi connectivity index (χ0v) is 13.3. The van der Waals surface area contributed by atoms with Gasteiger partial charge in [0.15, 0.2) is 0 Å². The molecule has 0 spiro atoms. The van der Waals surface area contributed by atoms with Crippen molar-refractivity contribution < 1.29 is 9.90 Å². The molecular formula is C16H23N3O2. The maximum atomic E-state index is 11.4. The van der Waals surface area contributed by atoms with Gasteiger partial charge in [-0.1, -0.05) is 6.07 Å². The number of aromatic nitrogens is 2. The Hall–Kier alpha value is -1.88. The minimum absolute atomic E-state index is 0.532. The predicted molar refractivity (Wildman–Crippen MR) is 82.3 cm³/mol. The van der Waals surface area contributed by atoms with Gasteiger partial charge in [0, 0.05) is 24.5 Å². The maximum Gasteiger partial charge on any atom is 0.310 e. The smallest absolute Gasteiger partial charge is 0.310 e. The molecule has 0 fully saturated rings. The molecular weight excluding hydrogens is 266 g/mol. The van der Waals surface area contributed by atoms with Gasteiger partial charge >= 0.3 is 5.97 Å². The van der Waals surface area contributed by atoms with Gasteiger partial charge in [-0.2, -0.15) is 0 Å². The van der Waals surface area contributed by atoms with Crippen LogP contribution in [0.2, 0.25) is 0 Å². The fraction of sp³-hybridized carbons (Fsp3) is 0.500. The lowest BCUT2D eigenvalue weighted by molar-refractivity contribution is -0.151. The monoisotopic (exact) mass is 289 g/mol. The van der Waals surface area contributed by atoms with Crippen LogP contribution < -0.4 is 5.32 Å². The summed E-state index contributed by atoms with van der Waals surface area (Å²) >= 11 is 0. The molecule has 0 aliphatic heterocycles. The van der Waals surface area contributed by atoms with Crippen molar-refractivity contribution in [3.63, 3.8) is 0 Å². The lowest BCUT2D eigenvalue weighted by Gasteiger charge is -2.38. The van der Waals surface area contributed by atoms with Crippen molar-refractivity contribution in [3.05, 3.63) is 35.8 Å². The third-order valence-electron chi connectivity index (χ3n) is 4.46. The van der Waals surface area contributed by atoms with Crippen molar-refractivity contribution in [1.82, 2.24) is 14.7 Å². The molecule has 0 unspecified atom stereocenters. The highest BCUT2D eigenvalue weighted by atomic mass is 16.4. The van der Waals surface area contributed by atoms with E-state index in [1.807, 2.05) is 49.7 Å². The van der Waals surface area contributed by atoms with Gasteiger partial charge in [-0.25, -0.2) is 4.98 Å². The number of hydrogen-bond donors (Lipinski definition) is 2. The molecule has 2 heterocycles. The molecule has 0 aliphatic rings. The highest BCUT2D eigenvalue weighted by molar-refractivity contribution is 5.75. The van der Waals surface area contributed by atoms with Crippen molar-refractivity contribution in [2.45, 2.75) is 46.7 Å². The molecule has 0 saturated carbocycles. The summed E-state index contributed by atoms with van der Waals surface area (Å²) in [4.78, 5) is 15.9. The van der Waals surface area contributed by atoms with E-state index in [0.717, 1.165) is 11.3 Å². The highest BCUT2D eigenvalue weighted by Gasteiger charge is 2.43. The Labute approximate surface area is 125 Å². The number of nitrogens with one attached hydrogen (secondary N) is 1. The Bertz CT molecular complexity index is 671. The van der Waals surface area contributed by atoms with Gasteiger partial charge in [-0.3, -0.25) is 4.79 Å². The van der Waals surface area contributed by atoms with Crippen molar-refractivity contribution in [2.75, 3.05) is 0 Å². The topological polar surface area (TPSA) is 66.6 Å². The first-order valence-corrected chi connectivity index (χ1v) is 7.06. The molecule has 0 aromatic carbocycles. The summed E-state index contributed by atoms with van der Waals surface area (Å²) in [6.07, 6.45) is 4.00. The van der Waals surface area contributed by atoms with E-state index in [1.165, 1.54) is 5.56 Å². The second kappa shape index (κ2) is 5.15. The number of carbonyl (C=O) groups is 1. The predicted octanol–water partition coefficient (Wildman–Crippen LogP) is 2.62. The van der Waals surface area contributed by atoms with Gasteiger partial charge in [-0.15, -0.1) is 0 Å². The van der Waals surface area contributed by atoms with Crippen molar-refractivity contribution in [3.8, 4) is 0 Å². The lowest BCUT2D eigenvalue weighted by atomic mass is 9.74. The van der Waals surface area contributed by atoms with E-state index in [-0.39, 0.29) is 0 Å². The molecule has 0 atom stereocenters. The third kappa shape index (κ3) is 2.93. The van der Waals surface area contributed by atoms with E-state index < -0.39 is 16.9 Å². The molecule has 0 saturated heterocycles. The molecule has 2 N–H and O–H groups in total. The van der Waals surface area contributed by atoms with E-state index in [9.17, 15) is 9.90 Å². The van der Waals surface area contributed by atoms with Crippen LogP contribution in [-0.4, -0.2) is 26.0 Å². The van der Waals surface area contributed by atoms with Crippen LogP contribution in [0.4, 0.5) is 0 Å². The van der Waals surface area contributed by atoms with Crippen molar-refractivity contribution in [1.29, 1.82) is 0 Å². The first-order chi connectivity index (χ1) is 9.63. The van der Waals surface area contributed by atoms with Crippen LogP contribution >= 0.6 is 0 Å². The number of fused-ring (bicyclic) bond motifs is 1. The number of carboxylic acids is 1. The first kappa shape index (κ1) is 15.5. The molecule has 2 rings (SSSR count). The van der Waals surface area contributed by atoms with Gasteiger partial charge in [0.05, 0.1) is 11.1 Å². The Morgan fingerprint density at radius 3 is 2.57 bits per heavy atom. The van der Waals surface area contributed by atoms with Crippen LogP contribution in [0.1, 0.15) is 39.0 Å². The molecule has 0 bridgehead atoms. The molecule has 114 valence electrons. The number of carboxylic acid groups (broad SMARTS) is 1. The fourth-order valence-electron chi connectivity index (χ4n) is 2.04.